The van der Waals surface area contributed by atoms with Crippen LogP contribution in [-0.4, -0.2) is 87.6 Å². The Morgan fingerprint density at radius 1 is 0.855 bits per heavy atom. The summed E-state index contributed by atoms with van der Waals surface area (Å²) in [5, 5.41) is 13.7. The first-order valence-corrected chi connectivity index (χ1v) is 22.7. The summed E-state index contributed by atoms with van der Waals surface area (Å²) in [6, 6.07) is 32.5. The monoisotopic (exact) mass is 879 g/mol. The molecule has 1 aliphatic heterocycles. The fourth-order valence-electron chi connectivity index (χ4n) is 7.75. The van der Waals surface area contributed by atoms with Gasteiger partial charge < -0.3 is 35.4 Å². The second kappa shape index (κ2) is 18.9. The van der Waals surface area contributed by atoms with Crippen LogP contribution in [0.3, 0.4) is 0 Å². The summed E-state index contributed by atoms with van der Waals surface area (Å²) >= 11 is 1.42. The summed E-state index contributed by atoms with van der Waals surface area (Å²) in [5.74, 6) is -1.07. The van der Waals surface area contributed by atoms with E-state index in [9.17, 15) is 27.1 Å². The van der Waals surface area contributed by atoms with E-state index in [-0.39, 0.29) is 33.8 Å². The molecule has 5 aromatic carbocycles. The largest absolute Gasteiger partial charge is 0.478 e. The molecule has 2 heterocycles. The predicted molar refractivity (Wildman–Crippen MR) is 248 cm³/mol. The van der Waals surface area contributed by atoms with Gasteiger partial charge in [0.05, 0.1) is 27.5 Å². The third-order valence-electron chi connectivity index (χ3n) is 11.2. The van der Waals surface area contributed by atoms with Crippen molar-refractivity contribution >= 4 is 56.2 Å². The lowest BCUT2D eigenvalue weighted by atomic mass is 9.96. The zero-order valence-electron chi connectivity index (χ0n) is 35.1. The van der Waals surface area contributed by atoms with Gasteiger partial charge in [-0.3, -0.25) is 4.72 Å². The number of nitrogen functional groups attached to an aromatic ring is 1. The number of hydrogen-bond donors (Lipinski definition) is 4. The van der Waals surface area contributed by atoms with E-state index in [1.807, 2.05) is 68.2 Å². The van der Waals surface area contributed by atoms with Crippen molar-refractivity contribution in [2.75, 3.05) is 78.1 Å². The molecule has 324 valence electrons. The van der Waals surface area contributed by atoms with Crippen LogP contribution < -0.4 is 25.6 Å². The van der Waals surface area contributed by atoms with Gasteiger partial charge in [0.2, 0.25) is 0 Å². The van der Waals surface area contributed by atoms with Crippen LogP contribution in [0.5, 0.6) is 0 Å². The van der Waals surface area contributed by atoms with Crippen LogP contribution in [0.15, 0.2) is 125 Å². The first-order chi connectivity index (χ1) is 29.7. The molecule has 1 aliphatic rings. The quantitative estimate of drug-likeness (QED) is 0.0552. The summed E-state index contributed by atoms with van der Waals surface area (Å²) in [6.07, 6.45) is 0.766. The standard InChI is InChI=1S/C47H51F2N7O4S2/c1-31-44(47(57)58)45(46(54(31)4)32-12-14-34(48)15-13-32)33-8-7-9-38(28-33)56-26-24-55(25-27-56)37-18-16-35(17-19-37)52-62(59,60)39-20-21-42(41(50)29-39)51-36(22-23-53(2)3)30-61-43-11-6-5-10-40(43)49/h5-21,28-29,36,51-52H,22-27,30,50H2,1-4H3,(H,57,58)/t36-/m1/s1. The Labute approximate surface area is 366 Å². The third kappa shape index (κ3) is 10.0. The van der Waals surface area contributed by atoms with Gasteiger partial charge in [-0.2, -0.15) is 0 Å². The van der Waals surface area contributed by atoms with E-state index in [1.54, 1.807) is 49.4 Å². The summed E-state index contributed by atoms with van der Waals surface area (Å²) < 4.78 is 59.7. The Balaban J connectivity index is 0.987. The average molecular weight is 880 g/mol. The molecule has 7 rings (SSSR count). The first-order valence-electron chi connectivity index (χ1n) is 20.3. The van der Waals surface area contributed by atoms with Crippen molar-refractivity contribution in [3.8, 4) is 22.4 Å². The molecular formula is C47H51F2N7O4S2. The lowest BCUT2D eigenvalue weighted by molar-refractivity contribution is 0.0696. The topological polar surface area (TPSA) is 136 Å². The number of benzene rings is 5. The van der Waals surface area contributed by atoms with Gasteiger partial charge >= 0.3 is 5.97 Å². The number of sulfonamides is 1. The van der Waals surface area contributed by atoms with Crippen LogP contribution in [-0.2, 0) is 17.1 Å². The number of halogens is 2. The van der Waals surface area contributed by atoms with Crippen molar-refractivity contribution < 1.29 is 27.1 Å². The van der Waals surface area contributed by atoms with Crippen LogP contribution in [0.1, 0.15) is 22.5 Å². The lowest BCUT2D eigenvalue weighted by Crippen LogP contribution is -2.46. The number of hydrogen-bond acceptors (Lipinski definition) is 9. The number of anilines is 5. The fourth-order valence-corrected chi connectivity index (χ4v) is 9.85. The summed E-state index contributed by atoms with van der Waals surface area (Å²) in [7, 11) is 1.84. The highest BCUT2D eigenvalue weighted by molar-refractivity contribution is 7.99. The number of carbonyl (C=O) groups is 1. The molecule has 0 amide bonds. The number of piperazine rings is 1. The normalized spacial score (nSPS) is 13.7. The molecule has 0 spiro atoms. The molecule has 0 saturated carbocycles. The van der Waals surface area contributed by atoms with E-state index >= 15 is 0 Å². The van der Waals surface area contributed by atoms with E-state index in [4.69, 9.17) is 5.73 Å². The number of nitrogens with one attached hydrogen (secondary N) is 2. The Morgan fingerprint density at radius 2 is 1.53 bits per heavy atom. The van der Waals surface area contributed by atoms with Gasteiger partial charge in [0.15, 0.2) is 0 Å². The fraction of sp³-hybridized carbons (Fsp3) is 0.255. The van der Waals surface area contributed by atoms with Gasteiger partial charge in [-0.05, 0) is 136 Å². The predicted octanol–water partition coefficient (Wildman–Crippen LogP) is 8.88. The maximum Gasteiger partial charge on any atom is 0.338 e. The van der Waals surface area contributed by atoms with Crippen LogP contribution in [0, 0.1) is 18.6 Å². The Kier molecular flexibility index (Phi) is 13.4. The minimum atomic E-state index is -3.96. The van der Waals surface area contributed by atoms with E-state index in [1.165, 1.54) is 42.1 Å². The second-order valence-corrected chi connectivity index (χ2v) is 18.4. The van der Waals surface area contributed by atoms with Crippen molar-refractivity contribution in [1.82, 2.24) is 9.47 Å². The highest BCUT2D eigenvalue weighted by atomic mass is 32.2. The summed E-state index contributed by atoms with van der Waals surface area (Å²) in [5.41, 5.74) is 13.2. The number of nitrogens with zero attached hydrogens (tertiary/aromatic N) is 4. The maximum atomic E-state index is 14.3. The van der Waals surface area contributed by atoms with Gasteiger partial charge in [0.25, 0.3) is 10.0 Å². The molecule has 0 bridgehead atoms. The second-order valence-electron chi connectivity index (χ2n) is 15.7. The third-order valence-corrected chi connectivity index (χ3v) is 13.8. The number of aromatic carboxylic acids is 1. The Morgan fingerprint density at radius 3 is 2.18 bits per heavy atom. The average Bonchev–Trinajstić information content (AvgIpc) is 3.52. The number of carboxylic acid groups (broad SMARTS) is 1. The van der Waals surface area contributed by atoms with E-state index < -0.39 is 16.0 Å². The van der Waals surface area contributed by atoms with Crippen molar-refractivity contribution in [1.29, 1.82) is 0 Å². The van der Waals surface area contributed by atoms with E-state index in [0.717, 1.165) is 35.5 Å². The number of nitrogens with two attached hydrogens (primary N) is 1. The van der Waals surface area contributed by atoms with Crippen molar-refractivity contribution in [2.45, 2.75) is 29.2 Å². The van der Waals surface area contributed by atoms with Gasteiger partial charge in [0.1, 0.15) is 11.6 Å². The maximum absolute atomic E-state index is 14.3. The zero-order chi connectivity index (χ0) is 44.1. The van der Waals surface area contributed by atoms with Crippen LogP contribution in [0.2, 0.25) is 0 Å². The molecule has 1 fully saturated rings. The van der Waals surface area contributed by atoms with Crippen molar-refractivity contribution in [2.24, 2.45) is 7.05 Å². The molecule has 6 aromatic rings. The van der Waals surface area contributed by atoms with Gasteiger partial charge in [-0.15, -0.1) is 11.8 Å². The van der Waals surface area contributed by atoms with Crippen LogP contribution in [0.4, 0.5) is 37.2 Å². The molecule has 15 heteroatoms. The molecule has 1 aromatic heterocycles. The molecular weight excluding hydrogens is 829 g/mol. The smallest absolute Gasteiger partial charge is 0.338 e. The number of aromatic nitrogens is 1. The summed E-state index contributed by atoms with van der Waals surface area (Å²) in [4.78, 5) is 19.8. The summed E-state index contributed by atoms with van der Waals surface area (Å²) in [6.45, 7) is 5.40. The molecule has 0 radical (unpaired) electrons. The van der Waals surface area contributed by atoms with E-state index in [2.05, 4.69) is 24.7 Å². The van der Waals surface area contributed by atoms with Gasteiger partial charge in [-0.1, -0.05) is 24.3 Å². The first kappa shape index (κ1) is 44.0. The highest BCUT2D eigenvalue weighted by Gasteiger charge is 2.27. The van der Waals surface area contributed by atoms with E-state index in [0.29, 0.717) is 65.2 Å². The van der Waals surface area contributed by atoms with Crippen molar-refractivity contribution in [3.63, 3.8) is 0 Å². The molecule has 1 atom stereocenters. The molecule has 0 aliphatic carbocycles. The Hall–Kier alpha value is -6.03. The number of carboxylic acids is 1. The minimum Gasteiger partial charge on any atom is -0.478 e. The Bertz CT molecular complexity index is 2650. The zero-order valence-corrected chi connectivity index (χ0v) is 36.7. The molecule has 11 nitrogen and oxygen atoms in total. The molecule has 5 N–H and O–H groups in total. The van der Waals surface area contributed by atoms with Crippen molar-refractivity contribution in [3.05, 3.63) is 138 Å². The molecule has 0 unspecified atom stereocenters. The molecule has 1 saturated heterocycles. The van der Waals surface area contributed by atoms with Gasteiger partial charge in [-0.25, -0.2) is 22.0 Å². The minimum absolute atomic E-state index is 0.0312. The SMILES string of the molecule is Cc1c(C(=O)O)c(-c2cccc(N3CCN(c4ccc(NS(=O)(=O)c5ccc(N[C@H](CCN(C)C)CSc6ccccc6F)c(N)c5)cc4)CC3)c2)c(-c2ccc(F)cc2)n1C. The van der Waals surface area contributed by atoms with Crippen LogP contribution >= 0.6 is 11.8 Å². The van der Waals surface area contributed by atoms with Gasteiger partial charge in [0, 0.05) is 78.2 Å². The lowest BCUT2D eigenvalue weighted by Gasteiger charge is -2.37. The highest BCUT2D eigenvalue weighted by Crippen LogP contribution is 2.40. The number of rotatable bonds is 16. The number of thioether (sulfide) groups is 1. The molecule has 62 heavy (non-hydrogen) atoms. The van der Waals surface area contributed by atoms with Crippen LogP contribution in [0.25, 0.3) is 22.4 Å².